The van der Waals surface area contributed by atoms with Gasteiger partial charge >= 0.3 is 0 Å². The zero-order chi connectivity index (χ0) is 12.1. The number of carbonyl (C=O) groups excluding carboxylic acids is 1. The Labute approximate surface area is 95.6 Å². The van der Waals surface area contributed by atoms with Crippen molar-refractivity contribution in [3.63, 3.8) is 0 Å². The van der Waals surface area contributed by atoms with Gasteiger partial charge in [0.15, 0.2) is 0 Å². The summed E-state index contributed by atoms with van der Waals surface area (Å²) in [5.74, 6) is 1.30. The fourth-order valence-corrected chi connectivity index (χ4v) is 1.35. The maximum atomic E-state index is 11.6. The molecule has 1 heterocycles. The standard InChI is InChI=1S/C11H19N3O2/c1-7(5-12-4)11(15)13-6-10-14-8(2)9(3)16-10/h7,12H,5-6H2,1-4H3,(H,13,15). The second-order valence-electron chi connectivity index (χ2n) is 3.93. The summed E-state index contributed by atoms with van der Waals surface area (Å²) in [7, 11) is 1.82. The quantitative estimate of drug-likeness (QED) is 0.776. The summed E-state index contributed by atoms with van der Waals surface area (Å²) in [5, 5.41) is 5.75. The minimum atomic E-state index is -0.0536. The highest BCUT2D eigenvalue weighted by Crippen LogP contribution is 2.07. The lowest BCUT2D eigenvalue weighted by atomic mass is 10.1. The molecular formula is C11H19N3O2. The lowest BCUT2D eigenvalue weighted by Crippen LogP contribution is -2.33. The second kappa shape index (κ2) is 5.65. The van der Waals surface area contributed by atoms with E-state index in [1.54, 1.807) is 0 Å². The molecule has 0 spiro atoms. The molecule has 90 valence electrons. The smallest absolute Gasteiger partial charge is 0.224 e. The lowest BCUT2D eigenvalue weighted by Gasteiger charge is -2.09. The number of nitrogens with one attached hydrogen (secondary N) is 2. The molecule has 16 heavy (non-hydrogen) atoms. The van der Waals surface area contributed by atoms with E-state index >= 15 is 0 Å². The van der Waals surface area contributed by atoms with E-state index in [0.717, 1.165) is 11.5 Å². The van der Waals surface area contributed by atoms with Crippen molar-refractivity contribution in [1.29, 1.82) is 0 Å². The van der Waals surface area contributed by atoms with Crippen LogP contribution in [0.4, 0.5) is 0 Å². The van der Waals surface area contributed by atoms with Crippen LogP contribution in [0.2, 0.25) is 0 Å². The predicted molar refractivity (Wildman–Crippen MR) is 60.9 cm³/mol. The Balaban J connectivity index is 2.42. The molecule has 2 N–H and O–H groups in total. The maximum absolute atomic E-state index is 11.6. The summed E-state index contributed by atoms with van der Waals surface area (Å²) < 4.78 is 5.36. The molecule has 0 aliphatic carbocycles. The Morgan fingerprint density at radius 1 is 1.50 bits per heavy atom. The predicted octanol–water partition coefficient (Wildman–Crippen LogP) is 0.763. The first-order valence-corrected chi connectivity index (χ1v) is 5.39. The van der Waals surface area contributed by atoms with Crippen LogP contribution in [0.5, 0.6) is 0 Å². The molecule has 0 radical (unpaired) electrons. The van der Waals surface area contributed by atoms with Crippen molar-refractivity contribution >= 4 is 5.91 Å². The van der Waals surface area contributed by atoms with Gasteiger partial charge in [-0.3, -0.25) is 4.79 Å². The van der Waals surface area contributed by atoms with Crippen LogP contribution in [0.25, 0.3) is 0 Å². The molecule has 0 aliphatic rings. The SMILES string of the molecule is CNCC(C)C(=O)NCc1nc(C)c(C)o1. The second-order valence-corrected chi connectivity index (χ2v) is 3.93. The molecule has 5 heteroatoms. The lowest BCUT2D eigenvalue weighted by molar-refractivity contribution is -0.124. The van der Waals surface area contributed by atoms with E-state index in [9.17, 15) is 4.79 Å². The largest absolute Gasteiger partial charge is 0.444 e. The van der Waals surface area contributed by atoms with Gasteiger partial charge in [0, 0.05) is 12.5 Å². The van der Waals surface area contributed by atoms with E-state index in [-0.39, 0.29) is 11.8 Å². The van der Waals surface area contributed by atoms with Crippen molar-refractivity contribution in [3.8, 4) is 0 Å². The van der Waals surface area contributed by atoms with Crippen LogP contribution in [0.15, 0.2) is 4.42 Å². The van der Waals surface area contributed by atoms with Crippen LogP contribution in [-0.4, -0.2) is 24.5 Å². The first kappa shape index (κ1) is 12.7. The Hall–Kier alpha value is -1.36. The highest BCUT2D eigenvalue weighted by atomic mass is 16.4. The number of oxazole rings is 1. The molecule has 0 bridgehead atoms. The molecule has 0 aliphatic heterocycles. The fourth-order valence-electron chi connectivity index (χ4n) is 1.35. The molecule has 0 aromatic carbocycles. The summed E-state index contributed by atoms with van der Waals surface area (Å²) in [5.41, 5.74) is 0.868. The highest BCUT2D eigenvalue weighted by molar-refractivity contribution is 5.78. The van der Waals surface area contributed by atoms with Crippen molar-refractivity contribution in [2.45, 2.75) is 27.3 Å². The van der Waals surface area contributed by atoms with Gasteiger partial charge in [0.2, 0.25) is 11.8 Å². The monoisotopic (exact) mass is 225 g/mol. The van der Waals surface area contributed by atoms with Gasteiger partial charge in [-0.2, -0.15) is 0 Å². The van der Waals surface area contributed by atoms with Crippen molar-refractivity contribution in [2.75, 3.05) is 13.6 Å². The van der Waals surface area contributed by atoms with Crippen LogP contribution in [0, 0.1) is 19.8 Å². The third kappa shape index (κ3) is 3.34. The van der Waals surface area contributed by atoms with E-state index in [2.05, 4.69) is 15.6 Å². The number of aryl methyl sites for hydroxylation is 2. The van der Waals surface area contributed by atoms with Gasteiger partial charge in [-0.25, -0.2) is 4.98 Å². The van der Waals surface area contributed by atoms with Crippen molar-refractivity contribution < 1.29 is 9.21 Å². The number of nitrogens with zero attached hydrogens (tertiary/aromatic N) is 1. The minimum Gasteiger partial charge on any atom is -0.444 e. The fraction of sp³-hybridized carbons (Fsp3) is 0.636. The van der Waals surface area contributed by atoms with Crippen LogP contribution in [-0.2, 0) is 11.3 Å². The van der Waals surface area contributed by atoms with Crippen LogP contribution < -0.4 is 10.6 Å². The maximum Gasteiger partial charge on any atom is 0.224 e. The number of rotatable bonds is 5. The van der Waals surface area contributed by atoms with Crippen molar-refractivity contribution in [2.24, 2.45) is 5.92 Å². The average Bonchev–Trinajstić information content (AvgIpc) is 2.55. The minimum absolute atomic E-state index is 0.00264. The average molecular weight is 225 g/mol. The number of hydrogen-bond acceptors (Lipinski definition) is 4. The van der Waals surface area contributed by atoms with E-state index in [1.165, 1.54) is 0 Å². The van der Waals surface area contributed by atoms with Gasteiger partial charge in [0.25, 0.3) is 0 Å². The first-order valence-electron chi connectivity index (χ1n) is 5.39. The topological polar surface area (TPSA) is 67.2 Å². The van der Waals surface area contributed by atoms with Crippen molar-refractivity contribution in [1.82, 2.24) is 15.6 Å². The van der Waals surface area contributed by atoms with Crippen LogP contribution in [0.3, 0.4) is 0 Å². The van der Waals surface area contributed by atoms with Crippen LogP contribution in [0.1, 0.15) is 24.3 Å². The molecule has 1 rings (SSSR count). The molecule has 1 aromatic rings. The number of carbonyl (C=O) groups is 1. The zero-order valence-electron chi connectivity index (χ0n) is 10.3. The molecule has 5 nitrogen and oxygen atoms in total. The van der Waals surface area contributed by atoms with Gasteiger partial charge in [0.05, 0.1) is 12.2 Å². The van der Waals surface area contributed by atoms with E-state index in [0.29, 0.717) is 19.0 Å². The van der Waals surface area contributed by atoms with Crippen molar-refractivity contribution in [3.05, 3.63) is 17.3 Å². The number of amides is 1. The van der Waals surface area contributed by atoms with Crippen LogP contribution >= 0.6 is 0 Å². The molecule has 0 saturated heterocycles. The Morgan fingerprint density at radius 3 is 2.69 bits per heavy atom. The van der Waals surface area contributed by atoms with E-state index < -0.39 is 0 Å². The zero-order valence-corrected chi connectivity index (χ0v) is 10.3. The summed E-state index contributed by atoms with van der Waals surface area (Å²) in [6.07, 6.45) is 0. The third-order valence-corrected chi connectivity index (χ3v) is 2.44. The van der Waals surface area contributed by atoms with Gasteiger partial charge in [-0.05, 0) is 20.9 Å². The Bertz CT molecular complexity index is 341. The third-order valence-electron chi connectivity index (χ3n) is 2.44. The molecule has 0 fully saturated rings. The highest BCUT2D eigenvalue weighted by Gasteiger charge is 2.12. The molecule has 1 aromatic heterocycles. The molecule has 0 saturated carbocycles. The summed E-state index contributed by atoms with van der Waals surface area (Å²) in [4.78, 5) is 15.8. The molecular weight excluding hydrogens is 206 g/mol. The van der Waals surface area contributed by atoms with Gasteiger partial charge < -0.3 is 15.1 Å². The normalized spacial score (nSPS) is 12.5. The Morgan fingerprint density at radius 2 is 2.19 bits per heavy atom. The number of hydrogen-bond donors (Lipinski definition) is 2. The summed E-state index contributed by atoms with van der Waals surface area (Å²) in [6, 6.07) is 0. The van der Waals surface area contributed by atoms with Gasteiger partial charge in [0.1, 0.15) is 5.76 Å². The first-order chi connectivity index (χ1) is 7.54. The summed E-state index contributed by atoms with van der Waals surface area (Å²) in [6.45, 7) is 6.63. The van der Waals surface area contributed by atoms with Gasteiger partial charge in [-0.1, -0.05) is 6.92 Å². The molecule has 1 amide bonds. The Kier molecular flexibility index (Phi) is 4.49. The van der Waals surface area contributed by atoms with E-state index in [1.807, 2.05) is 27.8 Å². The molecule has 1 atom stereocenters. The van der Waals surface area contributed by atoms with Gasteiger partial charge in [-0.15, -0.1) is 0 Å². The molecule has 1 unspecified atom stereocenters. The van der Waals surface area contributed by atoms with E-state index in [4.69, 9.17) is 4.42 Å². The summed E-state index contributed by atoms with van der Waals surface area (Å²) >= 11 is 0. The number of aromatic nitrogens is 1.